The molecule has 0 radical (unpaired) electrons. The van der Waals surface area contributed by atoms with E-state index in [2.05, 4.69) is 4.90 Å². The summed E-state index contributed by atoms with van der Waals surface area (Å²) < 4.78 is 0. The van der Waals surface area contributed by atoms with E-state index in [-0.39, 0.29) is 6.04 Å². The van der Waals surface area contributed by atoms with Gasteiger partial charge in [-0.05, 0) is 38.8 Å². The molecule has 1 heterocycles. The Morgan fingerprint density at radius 2 is 1.53 bits per heavy atom. The average Bonchev–Trinajstić information content (AvgIpc) is 2.19. The Balaban J connectivity index is 1.90. The van der Waals surface area contributed by atoms with Crippen LogP contribution in [-0.4, -0.2) is 29.8 Å². The topological polar surface area (TPSA) is 20.3 Å². The fourth-order valence-electron chi connectivity index (χ4n) is 2.93. The van der Waals surface area contributed by atoms with Gasteiger partial charge in [-0.1, -0.05) is 25.7 Å². The highest BCUT2D eigenvalue weighted by molar-refractivity contribution is 5.84. The lowest BCUT2D eigenvalue weighted by Crippen LogP contribution is -2.44. The smallest absolute Gasteiger partial charge is 0.149 e. The number of ketones is 1. The van der Waals surface area contributed by atoms with E-state index in [4.69, 9.17) is 0 Å². The molecule has 2 rings (SSSR count). The van der Waals surface area contributed by atoms with Crippen LogP contribution in [0.2, 0.25) is 0 Å². The molecule has 2 nitrogen and oxygen atoms in total. The van der Waals surface area contributed by atoms with Crippen LogP contribution in [0.15, 0.2) is 0 Å². The Hall–Kier alpha value is -0.370. The first-order chi connectivity index (χ1) is 7.38. The maximum Gasteiger partial charge on any atom is 0.149 e. The fourth-order valence-corrected chi connectivity index (χ4v) is 2.93. The number of hydrogen-bond donors (Lipinski definition) is 0. The summed E-state index contributed by atoms with van der Waals surface area (Å²) in [6, 6.07) is 0.289. The van der Waals surface area contributed by atoms with Crippen molar-refractivity contribution in [2.24, 2.45) is 0 Å². The first-order valence-electron chi connectivity index (χ1n) is 6.65. The number of hydrogen-bond acceptors (Lipinski definition) is 2. The lowest BCUT2D eigenvalue weighted by molar-refractivity contribution is -0.126. The lowest BCUT2D eigenvalue weighted by Gasteiger charge is -2.34. The molecule has 1 saturated heterocycles. The Kier molecular flexibility index (Phi) is 4.18. The van der Waals surface area contributed by atoms with Gasteiger partial charge < -0.3 is 0 Å². The largest absolute Gasteiger partial charge is 0.298 e. The van der Waals surface area contributed by atoms with Crippen LogP contribution in [-0.2, 0) is 4.79 Å². The maximum atomic E-state index is 11.9. The molecule has 0 bridgehead atoms. The highest BCUT2D eigenvalue weighted by atomic mass is 16.1. The van der Waals surface area contributed by atoms with E-state index in [1.165, 1.54) is 38.5 Å². The second-order valence-electron chi connectivity index (χ2n) is 5.03. The van der Waals surface area contributed by atoms with Crippen molar-refractivity contribution in [2.45, 2.75) is 63.8 Å². The summed E-state index contributed by atoms with van der Waals surface area (Å²) in [6.07, 6.45) is 11.0. The normalized spacial score (nSPS) is 30.9. The van der Waals surface area contributed by atoms with E-state index in [1.807, 2.05) is 0 Å². The van der Waals surface area contributed by atoms with Gasteiger partial charge in [0.05, 0.1) is 6.04 Å². The molecular formula is C13H23NO. The van der Waals surface area contributed by atoms with E-state index in [0.29, 0.717) is 5.78 Å². The highest BCUT2D eigenvalue weighted by Crippen LogP contribution is 2.22. The molecule has 0 amide bonds. The minimum Gasteiger partial charge on any atom is -0.298 e. The van der Waals surface area contributed by atoms with E-state index >= 15 is 0 Å². The molecule has 0 N–H and O–H groups in total. The summed E-state index contributed by atoms with van der Waals surface area (Å²) in [5.74, 6) is 0.516. The van der Waals surface area contributed by atoms with E-state index in [9.17, 15) is 4.79 Å². The van der Waals surface area contributed by atoms with Gasteiger partial charge in [0.2, 0.25) is 0 Å². The molecule has 2 aliphatic rings. The molecule has 86 valence electrons. The predicted octanol–water partition coefficient (Wildman–Crippen LogP) is 2.76. The van der Waals surface area contributed by atoms with Crippen molar-refractivity contribution >= 4 is 5.78 Å². The molecule has 2 fully saturated rings. The number of carbonyl (C=O) groups excluding carboxylic acids is 1. The van der Waals surface area contributed by atoms with Crippen molar-refractivity contribution in [3.05, 3.63) is 0 Å². The number of rotatable bonds is 1. The third kappa shape index (κ3) is 3.04. The standard InChI is InChI=1S/C13H23NO/c15-13-9-5-4-8-12(13)14-10-6-2-1-3-7-11-14/h12H,1-11H2. The molecule has 2 heteroatoms. The van der Waals surface area contributed by atoms with Gasteiger partial charge >= 0.3 is 0 Å². The van der Waals surface area contributed by atoms with Crippen LogP contribution in [0, 0.1) is 0 Å². The fraction of sp³-hybridized carbons (Fsp3) is 0.923. The highest BCUT2D eigenvalue weighted by Gasteiger charge is 2.27. The summed E-state index contributed by atoms with van der Waals surface area (Å²) >= 11 is 0. The van der Waals surface area contributed by atoms with Crippen LogP contribution in [0.4, 0.5) is 0 Å². The molecule has 0 aromatic rings. The first kappa shape index (κ1) is 11.1. The van der Waals surface area contributed by atoms with Crippen LogP contribution in [0.1, 0.15) is 57.8 Å². The van der Waals surface area contributed by atoms with Gasteiger partial charge in [0.25, 0.3) is 0 Å². The van der Waals surface area contributed by atoms with Crippen LogP contribution in [0.5, 0.6) is 0 Å². The molecule has 0 spiro atoms. The van der Waals surface area contributed by atoms with Crippen molar-refractivity contribution in [1.29, 1.82) is 0 Å². The van der Waals surface area contributed by atoms with E-state index in [0.717, 1.165) is 32.4 Å². The third-order valence-corrected chi connectivity index (χ3v) is 3.85. The summed E-state index contributed by atoms with van der Waals surface area (Å²) in [6.45, 7) is 2.33. The quantitative estimate of drug-likeness (QED) is 0.662. The van der Waals surface area contributed by atoms with Crippen molar-refractivity contribution in [2.75, 3.05) is 13.1 Å². The van der Waals surface area contributed by atoms with Crippen molar-refractivity contribution in [3.63, 3.8) is 0 Å². The van der Waals surface area contributed by atoms with Crippen molar-refractivity contribution in [3.8, 4) is 0 Å². The van der Waals surface area contributed by atoms with Gasteiger partial charge in [-0.2, -0.15) is 0 Å². The second-order valence-corrected chi connectivity index (χ2v) is 5.03. The van der Waals surface area contributed by atoms with Crippen LogP contribution in [0.25, 0.3) is 0 Å². The minimum absolute atomic E-state index is 0.289. The summed E-state index contributed by atoms with van der Waals surface area (Å²) in [5.41, 5.74) is 0. The molecule has 0 aromatic carbocycles. The molecule has 1 aliphatic carbocycles. The zero-order chi connectivity index (χ0) is 10.5. The number of Topliss-reactive ketones (excluding diaryl/α,β-unsaturated/α-hetero) is 1. The zero-order valence-corrected chi connectivity index (χ0v) is 9.71. The zero-order valence-electron chi connectivity index (χ0n) is 9.71. The number of carbonyl (C=O) groups is 1. The van der Waals surface area contributed by atoms with E-state index < -0.39 is 0 Å². The summed E-state index contributed by atoms with van der Waals surface area (Å²) in [4.78, 5) is 14.3. The second kappa shape index (κ2) is 5.64. The predicted molar refractivity (Wildman–Crippen MR) is 61.9 cm³/mol. The SMILES string of the molecule is O=C1CCCCC1N1CCCCCCC1. The molecule has 1 aliphatic heterocycles. The van der Waals surface area contributed by atoms with Crippen molar-refractivity contribution < 1.29 is 4.79 Å². The lowest BCUT2D eigenvalue weighted by atomic mass is 9.92. The minimum atomic E-state index is 0.289. The van der Waals surface area contributed by atoms with E-state index in [1.54, 1.807) is 0 Å². The third-order valence-electron chi connectivity index (χ3n) is 3.85. The first-order valence-corrected chi connectivity index (χ1v) is 6.65. The Morgan fingerprint density at radius 3 is 2.20 bits per heavy atom. The molecule has 0 aromatic heterocycles. The average molecular weight is 209 g/mol. The van der Waals surface area contributed by atoms with Crippen LogP contribution < -0.4 is 0 Å². The van der Waals surface area contributed by atoms with Crippen LogP contribution >= 0.6 is 0 Å². The van der Waals surface area contributed by atoms with Crippen molar-refractivity contribution in [1.82, 2.24) is 4.90 Å². The Morgan fingerprint density at radius 1 is 0.867 bits per heavy atom. The molecule has 1 unspecified atom stereocenters. The molecule has 15 heavy (non-hydrogen) atoms. The number of nitrogens with zero attached hydrogens (tertiary/aromatic N) is 1. The van der Waals surface area contributed by atoms with Gasteiger partial charge in [-0.25, -0.2) is 0 Å². The monoisotopic (exact) mass is 209 g/mol. The Labute approximate surface area is 93.0 Å². The Bertz CT molecular complexity index is 207. The van der Waals surface area contributed by atoms with Gasteiger partial charge in [0.15, 0.2) is 0 Å². The molecule has 1 saturated carbocycles. The summed E-state index contributed by atoms with van der Waals surface area (Å²) in [7, 11) is 0. The van der Waals surface area contributed by atoms with Gasteiger partial charge in [-0.3, -0.25) is 9.69 Å². The molecule has 1 atom stereocenters. The maximum absolute atomic E-state index is 11.9. The number of likely N-dealkylation sites (tertiary alicyclic amines) is 1. The van der Waals surface area contributed by atoms with Gasteiger partial charge in [0, 0.05) is 6.42 Å². The summed E-state index contributed by atoms with van der Waals surface area (Å²) in [5, 5.41) is 0. The van der Waals surface area contributed by atoms with Gasteiger partial charge in [0.1, 0.15) is 5.78 Å². The van der Waals surface area contributed by atoms with Gasteiger partial charge in [-0.15, -0.1) is 0 Å². The van der Waals surface area contributed by atoms with Crippen LogP contribution in [0.3, 0.4) is 0 Å². The molecular weight excluding hydrogens is 186 g/mol.